The van der Waals surface area contributed by atoms with Gasteiger partial charge in [0.2, 0.25) is 0 Å². The first-order valence-electron chi connectivity index (χ1n) is 3.46. The first-order chi connectivity index (χ1) is 6.06. The summed E-state index contributed by atoms with van der Waals surface area (Å²) in [4.78, 5) is 14.1. The first-order valence-corrected chi connectivity index (χ1v) is 4.54. The quantitative estimate of drug-likeness (QED) is 0.477. The Bertz CT molecular complexity index is 341. The molecule has 5 heteroatoms. The number of carbonyl (C=O) groups is 1. The van der Waals surface area contributed by atoms with Crippen LogP contribution in [0.2, 0.25) is 0 Å². The van der Waals surface area contributed by atoms with Crippen LogP contribution in [0.4, 0.5) is 8.78 Å². The summed E-state index contributed by atoms with van der Waals surface area (Å²) in [5, 5.41) is 0. The molecule has 0 fully saturated rings. The number of carbonyl (C=O) groups excluding carboxylic acids is 1. The number of hydrogen-bond acceptors (Lipinski definition) is 2. The van der Waals surface area contributed by atoms with E-state index in [9.17, 15) is 13.6 Å². The summed E-state index contributed by atoms with van der Waals surface area (Å²) < 4.78 is 25.2. The Hall–Kier alpha value is -0.590. The standard InChI is InChI=1S/C8H6F2INO/c1-4-2-5(7(9)10)6(3-13)12-8(4)11/h2-3,7H,1H3. The van der Waals surface area contributed by atoms with Crippen LogP contribution in [0.5, 0.6) is 0 Å². The highest BCUT2D eigenvalue weighted by Crippen LogP contribution is 2.23. The van der Waals surface area contributed by atoms with E-state index in [0.29, 0.717) is 15.6 Å². The van der Waals surface area contributed by atoms with Gasteiger partial charge in [-0.2, -0.15) is 0 Å². The van der Waals surface area contributed by atoms with Gasteiger partial charge >= 0.3 is 0 Å². The molecular formula is C8H6F2INO. The highest BCUT2D eigenvalue weighted by atomic mass is 127. The molecule has 13 heavy (non-hydrogen) atoms. The Morgan fingerprint density at radius 3 is 2.69 bits per heavy atom. The minimum Gasteiger partial charge on any atom is -0.296 e. The molecule has 2 nitrogen and oxygen atoms in total. The molecule has 0 aromatic carbocycles. The number of pyridine rings is 1. The molecule has 0 atom stereocenters. The van der Waals surface area contributed by atoms with Crippen LogP contribution >= 0.6 is 22.6 Å². The van der Waals surface area contributed by atoms with Gasteiger partial charge in [-0.3, -0.25) is 4.79 Å². The third-order valence-electron chi connectivity index (χ3n) is 1.56. The fraction of sp³-hybridized carbons (Fsp3) is 0.250. The molecule has 0 aliphatic carbocycles. The molecule has 0 saturated heterocycles. The van der Waals surface area contributed by atoms with Crippen LogP contribution < -0.4 is 0 Å². The molecule has 1 aromatic rings. The fourth-order valence-corrected chi connectivity index (χ4v) is 1.31. The van der Waals surface area contributed by atoms with Gasteiger partial charge in [-0.15, -0.1) is 0 Å². The summed E-state index contributed by atoms with van der Waals surface area (Å²) in [6, 6.07) is 1.29. The van der Waals surface area contributed by atoms with E-state index in [-0.39, 0.29) is 11.3 Å². The predicted molar refractivity (Wildman–Crippen MR) is 52.0 cm³/mol. The lowest BCUT2D eigenvalue weighted by atomic mass is 10.1. The number of aryl methyl sites for hydroxylation is 1. The largest absolute Gasteiger partial charge is 0.296 e. The number of hydrogen-bond donors (Lipinski definition) is 0. The fourth-order valence-electron chi connectivity index (χ4n) is 0.894. The molecule has 0 aliphatic rings. The third kappa shape index (κ3) is 2.20. The number of aromatic nitrogens is 1. The van der Waals surface area contributed by atoms with Gasteiger partial charge in [0.1, 0.15) is 9.39 Å². The van der Waals surface area contributed by atoms with Crippen molar-refractivity contribution in [2.75, 3.05) is 0 Å². The van der Waals surface area contributed by atoms with Crippen molar-refractivity contribution < 1.29 is 13.6 Å². The second kappa shape index (κ2) is 4.08. The van der Waals surface area contributed by atoms with Gasteiger partial charge in [0.05, 0.1) is 0 Å². The van der Waals surface area contributed by atoms with Gasteiger partial charge in [0, 0.05) is 5.56 Å². The number of alkyl halides is 2. The maximum absolute atomic E-state index is 12.3. The van der Waals surface area contributed by atoms with Gasteiger partial charge in [-0.1, -0.05) is 0 Å². The molecule has 0 N–H and O–H groups in total. The summed E-state index contributed by atoms with van der Waals surface area (Å²) >= 11 is 1.90. The summed E-state index contributed by atoms with van der Waals surface area (Å²) in [7, 11) is 0. The molecule has 0 spiro atoms. The molecule has 0 aliphatic heterocycles. The number of rotatable bonds is 2. The summed E-state index contributed by atoms with van der Waals surface area (Å²) in [6.07, 6.45) is -2.30. The van der Waals surface area contributed by atoms with Crippen molar-refractivity contribution in [3.63, 3.8) is 0 Å². The van der Waals surface area contributed by atoms with Gasteiger partial charge in [-0.05, 0) is 41.1 Å². The van der Waals surface area contributed by atoms with Gasteiger partial charge in [-0.25, -0.2) is 13.8 Å². The molecule has 0 saturated carbocycles. The van der Waals surface area contributed by atoms with Crippen LogP contribution in [0.25, 0.3) is 0 Å². The lowest BCUT2D eigenvalue weighted by Gasteiger charge is -2.05. The van der Waals surface area contributed by atoms with Crippen molar-refractivity contribution in [1.82, 2.24) is 4.98 Å². The molecule has 1 aromatic heterocycles. The van der Waals surface area contributed by atoms with Crippen LogP contribution in [0.3, 0.4) is 0 Å². The molecular weight excluding hydrogens is 291 g/mol. The van der Waals surface area contributed by atoms with Crippen molar-refractivity contribution >= 4 is 28.9 Å². The third-order valence-corrected chi connectivity index (χ3v) is 2.65. The van der Waals surface area contributed by atoms with Gasteiger partial charge in [0.15, 0.2) is 6.29 Å². The second-order valence-electron chi connectivity index (χ2n) is 2.49. The normalized spacial score (nSPS) is 10.5. The maximum Gasteiger partial charge on any atom is 0.266 e. The zero-order valence-electron chi connectivity index (χ0n) is 6.72. The van der Waals surface area contributed by atoms with E-state index in [0.717, 1.165) is 0 Å². The maximum atomic E-state index is 12.3. The smallest absolute Gasteiger partial charge is 0.266 e. The minimum absolute atomic E-state index is 0.176. The Kier molecular flexibility index (Phi) is 3.29. The summed E-state index contributed by atoms with van der Waals surface area (Å²) in [6.45, 7) is 1.68. The molecule has 1 rings (SSSR count). The van der Waals surface area contributed by atoms with E-state index in [2.05, 4.69) is 4.98 Å². The van der Waals surface area contributed by atoms with E-state index in [4.69, 9.17) is 0 Å². The van der Waals surface area contributed by atoms with Crippen LogP contribution in [0, 0.1) is 10.6 Å². The Morgan fingerprint density at radius 2 is 2.23 bits per heavy atom. The zero-order valence-corrected chi connectivity index (χ0v) is 8.88. The molecule has 70 valence electrons. The summed E-state index contributed by atoms with van der Waals surface area (Å²) in [5.41, 5.74) is 0.180. The van der Waals surface area contributed by atoms with Crippen LogP contribution in [-0.2, 0) is 0 Å². The van der Waals surface area contributed by atoms with Crippen molar-refractivity contribution in [3.05, 3.63) is 26.6 Å². The molecule has 0 amide bonds. The number of halogens is 3. The van der Waals surface area contributed by atoms with Crippen molar-refractivity contribution in [2.45, 2.75) is 13.3 Å². The average molecular weight is 297 g/mol. The Balaban J connectivity index is 3.32. The highest BCUT2D eigenvalue weighted by Gasteiger charge is 2.15. The molecule has 0 bridgehead atoms. The first kappa shape index (κ1) is 10.5. The SMILES string of the molecule is Cc1cc(C(F)F)c(C=O)nc1I. The Morgan fingerprint density at radius 1 is 1.62 bits per heavy atom. The highest BCUT2D eigenvalue weighted by molar-refractivity contribution is 14.1. The molecule has 0 radical (unpaired) electrons. The number of nitrogens with zero attached hydrogens (tertiary/aromatic N) is 1. The zero-order chi connectivity index (χ0) is 10.0. The van der Waals surface area contributed by atoms with E-state index in [1.54, 1.807) is 6.92 Å². The minimum atomic E-state index is -2.65. The van der Waals surface area contributed by atoms with Gasteiger partial charge in [0.25, 0.3) is 6.43 Å². The molecule has 0 unspecified atom stereocenters. The van der Waals surface area contributed by atoms with Crippen molar-refractivity contribution in [3.8, 4) is 0 Å². The average Bonchev–Trinajstić information content (AvgIpc) is 2.08. The topological polar surface area (TPSA) is 30.0 Å². The molecule has 1 heterocycles. The van der Waals surface area contributed by atoms with Crippen molar-refractivity contribution in [1.29, 1.82) is 0 Å². The second-order valence-corrected chi connectivity index (χ2v) is 3.51. The summed E-state index contributed by atoms with van der Waals surface area (Å²) in [5.74, 6) is 0. The monoisotopic (exact) mass is 297 g/mol. The van der Waals surface area contributed by atoms with Crippen molar-refractivity contribution in [2.24, 2.45) is 0 Å². The van der Waals surface area contributed by atoms with E-state index >= 15 is 0 Å². The van der Waals surface area contributed by atoms with Crippen LogP contribution in [0.1, 0.15) is 28.0 Å². The lowest BCUT2D eigenvalue weighted by molar-refractivity contribution is 0.110. The van der Waals surface area contributed by atoms with Crippen LogP contribution in [0.15, 0.2) is 6.07 Å². The number of aldehydes is 1. The van der Waals surface area contributed by atoms with Crippen LogP contribution in [-0.4, -0.2) is 11.3 Å². The van der Waals surface area contributed by atoms with E-state index in [1.807, 2.05) is 22.6 Å². The van der Waals surface area contributed by atoms with E-state index < -0.39 is 6.43 Å². The van der Waals surface area contributed by atoms with Gasteiger partial charge < -0.3 is 0 Å². The predicted octanol–water partition coefficient (Wildman–Crippen LogP) is 2.74. The van der Waals surface area contributed by atoms with E-state index in [1.165, 1.54) is 6.07 Å². The Labute approximate surface area is 87.5 Å². The lowest BCUT2D eigenvalue weighted by Crippen LogP contribution is -2.01.